The van der Waals surface area contributed by atoms with Crippen LogP contribution in [0.2, 0.25) is 0 Å². The van der Waals surface area contributed by atoms with Gasteiger partial charge in [0.1, 0.15) is 11.1 Å². The Balaban J connectivity index is 3.01. The topological polar surface area (TPSA) is 81.9 Å². The molecule has 1 aliphatic heterocycles. The molecule has 1 atom stereocenters. The Bertz CT molecular complexity index is 414. The minimum Gasteiger partial charge on any atom is -0.467 e. The van der Waals surface area contributed by atoms with E-state index in [2.05, 4.69) is 0 Å². The van der Waals surface area contributed by atoms with Gasteiger partial charge in [-0.25, -0.2) is 9.59 Å². The van der Waals surface area contributed by atoms with Crippen molar-refractivity contribution in [3.8, 4) is 0 Å². The third kappa shape index (κ3) is 4.20. The quantitative estimate of drug-likeness (QED) is 0.632. The normalized spacial score (nSPS) is 22.6. The van der Waals surface area contributed by atoms with Crippen LogP contribution in [0, 0.1) is 0 Å². The average molecular weight is 298 g/mol. The number of rotatable bonds is 4. The van der Waals surface area contributed by atoms with E-state index in [4.69, 9.17) is 15.2 Å². The van der Waals surface area contributed by atoms with Crippen LogP contribution in [0.3, 0.4) is 0 Å². The molecule has 6 heteroatoms. The SMILES string of the molecule is COC(=O)C1(C/C=C\CN)CCCN1C(=O)OC(C)(C)C. The molecule has 21 heavy (non-hydrogen) atoms. The molecule has 0 aromatic rings. The second kappa shape index (κ2) is 6.93. The molecule has 0 aromatic heterocycles. The van der Waals surface area contributed by atoms with E-state index in [1.807, 2.05) is 6.08 Å². The lowest BCUT2D eigenvalue weighted by molar-refractivity contribution is -0.153. The zero-order chi connectivity index (χ0) is 16.1. The maximum Gasteiger partial charge on any atom is 0.411 e. The first-order chi connectivity index (χ1) is 9.77. The first-order valence-corrected chi connectivity index (χ1v) is 7.21. The molecule has 1 saturated heterocycles. The van der Waals surface area contributed by atoms with Crippen molar-refractivity contribution in [2.75, 3.05) is 20.2 Å². The molecule has 1 amide bonds. The van der Waals surface area contributed by atoms with Crippen LogP contribution in [0.1, 0.15) is 40.0 Å². The maximum absolute atomic E-state index is 12.4. The number of likely N-dealkylation sites (tertiary alicyclic amines) is 1. The van der Waals surface area contributed by atoms with Gasteiger partial charge in [-0.3, -0.25) is 4.90 Å². The molecule has 0 aromatic carbocycles. The number of esters is 1. The summed E-state index contributed by atoms with van der Waals surface area (Å²) in [7, 11) is 1.34. The van der Waals surface area contributed by atoms with E-state index >= 15 is 0 Å². The first kappa shape index (κ1) is 17.5. The van der Waals surface area contributed by atoms with Crippen LogP contribution >= 0.6 is 0 Å². The van der Waals surface area contributed by atoms with Gasteiger partial charge < -0.3 is 15.2 Å². The van der Waals surface area contributed by atoms with Gasteiger partial charge in [-0.05, 0) is 40.0 Å². The summed E-state index contributed by atoms with van der Waals surface area (Å²) < 4.78 is 10.3. The molecule has 1 fully saturated rings. The van der Waals surface area contributed by atoms with Crippen molar-refractivity contribution in [2.24, 2.45) is 5.73 Å². The smallest absolute Gasteiger partial charge is 0.411 e. The molecule has 1 unspecified atom stereocenters. The summed E-state index contributed by atoms with van der Waals surface area (Å²) in [4.78, 5) is 26.1. The lowest BCUT2D eigenvalue weighted by Crippen LogP contribution is -2.54. The summed E-state index contributed by atoms with van der Waals surface area (Å²) in [6.07, 6.45) is 4.80. The first-order valence-electron chi connectivity index (χ1n) is 7.21. The highest BCUT2D eigenvalue weighted by Crippen LogP contribution is 2.35. The van der Waals surface area contributed by atoms with E-state index in [0.717, 1.165) is 6.42 Å². The lowest BCUT2D eigenvalue weighted by Gasteiger charge is -2.36. The highest BCUT2D eigenvalue weighted by molar-refractivity contribution is 5.86. The van der Waals surface area contributed by atoms with Crippen molar-refractivity contribution in [2.45, 2.75) is 51.2 Å². The van der Waals surface area contributed by atoms with Crippen molar-refractivity contribution in [1.29, 1.82) is 0 Å². The van der Waals surface area contributed by atoms with Gasteiger partial charge in [-0.2, -0.15) is 0 Å². The van der Waals surface area contributed by atoms with Crippen LogP contribution in [0.15, 0.2) is 12.2 Å². The summed E-state index contributed by atoms with van der Waals surface area (Å²) >= 11 is 0. The number of hydrogen-bond acceptors (Lipinski definition) is 5. The van der Waals surface area contributed by atoms with Gasteiger partial charge in [0, 0.05) is 13.1 Å². The second-order valence-corrected chi connectivity index (χ2v) is 6.17. The Morgan fingerprint density at radius 3 is 2.52 bits per heavy atom. The minimum absolute atomic E-state index is 0.385. The van der Waals surface area contributed by atoms with Crippen molar-refractivity contribution in [1.82, 2.24) is 4.90 Å². The molecule has 0 saturated carbocycles. The van der Waals surface area contributed by atoms with E-state index in [1.165, 1.54) is 12.0 Å². The molecule has 0 radical (unpaired) electrons. The molecule has 0 aliphatic carbocycles. The standard InChI is InChI=1S/C15H26N2O4/c1-14(2,3)21-13(19)17-11-7-9-15(17,12(18)20-4)8-5-6-10-16/h5-6H,7-11,16H2,1-4H3/b6-5-. The van der Waals surface area contributed by atoms with Gasteiger partial charge in [0.2, 0.25) is 0 Å². The number of nitrogens with zero attached hydrogens (tertiary/aromatic N) is 1. The van der Waals surface area contributed by atoms with E-state index in [9.17, 15) is 9.59 Å². The molecule has 0 spiro atoms. The van der Waals surface area contributed by atoms with Gasteiger partial charge in [-0.1, -0.05) is 12.2 Å². The van der Waals surface area contributed by atoms with Crippen LogP contribution in [0.25, 0.3) is 0 Å². The largest absolute Gasteiger partial charge is 0.467 e. The molecule has 1 rings (SSSR count). The zero-order valence-electron chi connectivity index (χ0n) is 13.3. The summed E-state index contributed by atoms with van der Waals surface area (Å²) in [5, 5.41) is 0. The minimum atomic E-state index is -0.983. The summed E-state index contributed by atoms with van der Waals surface area (Å²) in [6, 6.07) is 0. The van der Waals surface area contributed by atoms with Crippen LogP contribution < -0.4 is 5.73 Å². The molecule has 1 aliphatic rings. The maximum atomic E-state index is 12.4. The number of carbonyl (C=O) groups is 2. The van der Waals surface area contributed by atoms with Gasteiger partial charge in [-0.15, -0.1) is 0 Å². The van der Waals surface area contributed by atoms with Crippen LogP contribution in [-0.2, 0) is 14.3 Å². The highest BCUT2D eigenvalue weighted by atomic mass is 16.6. The van der Waals surface area contributed by atoms with E-state index < -0.39 is 23.2 Å². The van der Waals surface area contributed by atoms with Gasteiger partial charge in [0.05, 0.1) is 7.11 Å². The van der Waals surface area contributed by atoms with Crippen LogP contribution in [-0.4, -0.2) is 48.3 Å². The van der Waals surface area contributed by atoms with E-state index in [-0.39, 0.29) is 0 Å². The molecule has 0 bridgehead atoms. The van der Waals surface area contributed by atoms with Gasteiger partial charge in [0.25, 0.3) is 0 Å². The molecular formula is C15H26N2O4. The lowest BCUT2D eigenvalue weighted by atomic mass is 9.92. The Morgan fingerprint density at radius 2 is 2.00 bits per heavy atom. The Hall–Kier alpha value is -1.56. The third-order valence-corrected chi connectivity index (χ3v) is 3.43. The fourth-order valence-corrected chi connectivity index (χ4v) is 2.53. The number of nitrogens with two attached hydrogens (primary N) is 1. The fourth-order valence-electron chi connectivity index (χ4n) is 2.53. The number of amides is 1. The molecule has 2 N–H and O–H groups in total. The van der Waals surface area contributed by atoms with Crippen molar-refractivity contribution in [3.63, 3.8) is 0 Å². The van der Waals surface area contributed by atoms with E-state index in [1.54, 1.807) is 26.8 Å². The number of ether oxygens (including phenoxy) is 2. The average Bonchev–Trinajstić information content (AvgIpc) is 2.81. The number of methoxy groups -OCH3 is 1. The highest BCUT2D eigenvalue weighted by Gasteiger charge is 2.51. The summed E-state index contributed by atoms with van der Waals surface area (Å²) in [6.45, 7) is 6.28. The fraction of sp³-hybridized carbons (Fsp3) is 0.733. The number of carbonyl (C=O) groups excluding carboxylic acids is 2. The Kier molecular flexibility index (Phi) is 5.78. The summed E-state index contributed by atoms with van der Waals surface area (Å²) in [5.74, 6) is -0.410. The predicted octanol–water partition coefficient (Wildman–Crippen LogP) is 1.83. The molecule has 120 valence electrons. The van der Waals surface area contributed by atoms with Crippen LogP contribution in [0.4, 0.5) is 4.79 Å². The van der Waals surface area contributed by atoms with Gasteiger partial charge in [0.15, 0.2) is 0 Å². The van der Waals surface area contributed by atoms with E-state index in [0.29, 0.717) is 25.9 Å². The molecule has 1 heterocycles. The van der Waals surface area contributed by atoms with Gasteiger partial charge >= 0.3 is 12.1 Å². The van der Waals surface area contributed by atoms with Crippen molar-refractivity contribution < 1.29 is 19.1 Å². The van der Waals surface area contributed by atoms with Crippen molar-refractivity contribution >= 4 is 12.1 Å². The van der Waals surface area contributed by atoms with Crippen LogP contribution in [0.5, 0.6) is 0 Å². The molecular weight excluding hydrogens is 272 g/mol. The van der Waals surface area contributed by atoms with Crippen molar-refractivity contribution in [3.05, 3.63) is 12.2 Å². The number of hydrogen-bond donors (Lipinski definition) is 1. The monoisotopic (exact) mass is 298 g/mol. The third-order valence-electron chi connectivity index (χ3n) is 3.43. The Labute approximate surface area is 126 Å². The second-order valence-electron chi connectivity index (χ2n) is 6.17. The summed E-state index contributed by atoms with van der Waals surface area (Å²) in [5.41, 5.74) is 3.85. The Morgan fingerprint density at radius 1 is 1.33 bits per heavy atom. The molecule has 6 nitrogen and oxygen atoms in total. The zero-order valence-corrected chi connectivity index (χ0v) is 13.3. The predicted molar refractivity (Wildman–Crippen MR) is 79.7 cm³/mol.